The first-order valence-electron chi connectivity index (χ1n) is 7.67. The first-order chi connectivity index (χ1) is 11.1. The molecule has 1 aliphatic carbocycles. The van der Waals surface area contributed by atoms with Crippen LogP contribution >= 0.6 is 0 Å². The number of nitrogens with two attached hydrogens (primary N) is 2. The van der Waals surface area contributed by atoms with Gasteiger partial charge in [0.2, 0.25) is 0 Å². The van der Waals surface area contributed by atoms with Crippen LogP contribution in [0.25, 0.3) is 5.69 Å². The molecule has 8 heteroatoms. The molecular weight excluding hydrogens is 296 g/mol. The van der Waals surface area contributed by atoms with E-state index in [1.54, 1.807) is 4.57 Å². The van der Waals surface area contributed by atoms with Gasteiger partial charge < -0.3 is 10.4 Å². The zero-order chi connectivity index (χ0) is 16.4. The van der Waals surface area contributed by atoms with Crippen LogP contribution in [-0.4, -0.2) is 20.1 Å². The number of carbonyl (C=O) groups excluding carboxylic acids is 1. The quantitative estimate of drug-likeness (QED) is 0.430. The fraction of sp³-hybridized carbons (Fsp3) is 0.400. The van der Waals surface area contributed by atoms with Crippen molar-refractivity contribution in [2.75, 3.05) is 5.84 Å². The van der Waals surface area contributed by atoms with Crippen LogP contribution in [0.15, 0.2) is 29.5 Å². The Hall–Kier alpha value is -2.61. The van der Waals surface area contributed by atoms with E-state index in [1.165, 1.54) is 29.7 Å². The lowest BCUT2D eigenvalue weighted by Crippen LogP contribution is -2.32. The molecule has 0 radical (unpaired) electrons. The fourth-order valence-corrected chi connectivity index (χ4v) is 3.10. The molecule has 2 aromatic heterocycles. The summed E-state index contributed by atoms with van der Waals surface area (Å²) in [6.07, 6.45) is 8.59. The summed E-state index contributed by atoms with van der Waals surface area (Å²) >= 11 is 0. The third-order valence-electron chi connectivity index (χ3n) is 4.35. The van der Waals surface area contributed by atoms with E-state index >= 15 is 0 Å². The molecule has 1 amide bonds. The third kappa shape index (κ3) is 2.98. The molecule has 0 aliphatic heterocycles. The predicted molar refractivity (Wildman–Crippen MR) is 85.5 cm³/mol. The Labute approximate surface area is 133 Å². The SMILES string of the molecule is NNC(=O)c1cn(-c2cc(C3CCCCC3)n(N)c(=O)c2)cn1. The average Bonchev–Trinajstić information content (AvgIpc) is 3.07. The number of hydrogen-bond donors (Lipinski definition) is 3. The van der Waals surface area contributed by atoms with E-state index in [1.807, 2.05) is 11.5 Å². The largest absolute Gasteiger partial charge is 0.336 e. The number of amides is 1. The maximum atomic E-state index is 12.2. The van der Waals surface area contributed by atoms with Gasteiger partial charge in [-0.25, -0.2) is 15.5 Å². The van der Waals surface area contributed by atoms with E-state index < -0.39 is 5.91 Å². The van der Waals surface area contributed by atoms with Gasteiger partial charge in [0.25, 0.3) is 11.5 Å². The Bertz CT molecular complexity index is 773. The van der Waals surface area contributed by atoms with Crippen LogP contribution in [0.3, 0.4) is 0 Å². The molecule has 0 unspecified atom stereocenters. The molecule has 5 N–H and O–H groups in total. The van der Waals surface area contributed by atoms with Gasteiger partial charge in [0, 0.05) is 23.9 Å². The Balaban J connectivity index is 1.99. The number of hydrogen-bond acceptors (Lipinski definition) is 5. The molecule has 2 heterocycles. The normalized spacial score (nSPS) is 15.5. The van der Waals surface area contributed by atoms with Gasteiger partial charge in [0.05, 0.1) is 5.69 Å². The lowest BCUT2D eigenvalue weighted by atomic mass is 9.86. The second-order valence-corrected chi connectivity index (χ2v) is 5.82. The second-order valence-electron chi connectivity index (χ2n) is 5.82. The van der Waals surface area contributed by atoms with Crippen LogP contribution in [0.2, 0.25) is 0 Å². The van der Waals surface area contributed by atoms with Crippen LogP contribution in [0.4, 0.5) is 0 Å². The van der Waals surface area contributed by atoms with E-state index in [0.717, 1.165) is 31.4 Å². The van der Waals surface area contributed by atoms with Crippen molar-refractivity contribution < 1.29 is 4.79 Å². The molecule has 0 spiro atoms. The van der Waals surface area contributed by atoms with E-state index in [4.69, 9.17) is 11.7 Å². The van der Waals surface area contributed by atoms with Crippen molar-refractivity contribution in [3.8, 4) is 5.69 Å². The summed E-state index contributed by atoms with van der Waals surface area (Å²) < 4.78 is 2.85. The van der Waals surface area contributed by atoms with Gasteiger partial charge in [-0.15, -0.1) is 0 Å². The van der Waals surface area contributed by atoms with Gasteiger partial charge in [-0.3, -0.25) is 15.0 Å². The first kappa shape index (κ1) is 15.3. The third-order valence-corrected chi connectivity index (χ3v) is 4.35. The summed E-state index contributed by atoms with van der Waals surface area (Å²) in [6, 6.07) is 3.32. The lowest BCUT2D eigenvalue weighted by Gasteiger charge is -2.24. The summed E-state index contributed by atoms with van der Waals surface area (Å²) in [5.41, 5.74) is 3.40. The Morgan fingerprint density at radius 3 is 2.70 bits per heavy atom. The van der Waals surface area contributed by atoms with Crippen molar-refractivity contribution in [1.29, 1.82) is 0 Å². The molecular formula is C15H20N6O2. The molecule has 1 saturated carbocycles. The molecule has 1 aliphatic rings. The highest BCUT2D eigenvalue weighted by Gasteiger charge is 2.20. The fourth-order valence-electron chi connectivity index (χ4n) is 3.10. The molecule has 0 saturated heterocycles. The van der Waals surface area contributed by atoms with Crippen molar-refractivity contribution in [2.24, 2.45) is 5.84 Å². The monoisotopic (exact) mass is 316 g/mol. The smallest absolute Gasteiger partial charge is 0.285 e. The van der Waals surface area contributed by atoms with Gasteiger partial charge in [-0.05, 0) is 18.9 Å². The number of aromatic nitrogens is 3. The van der Waals surface area contributed by atoms with E-state index in [2.05, 4.69) is 4.98 Å². The number of nitrogen functional groups attached to an aromatic ring is 2. The van der Waals surface area contributed by atoms with Gasteiger partial charge >= 0.3 is 0 Å². The van der Waals surface area contributed by atoms with Crippen molar-refractivity contribution in [3.05, 3.63) is 46.4 Å². The minimum Gasteiger partial charge on any atom is -0.336 e. The lowest BCUT2D eigenvalue weighted by molar-refractivity contribution is 0.0949. The predicted octanol–water partition coefficient (Wildman–Crippen LogP) is 0.399. The number of imidazole rings is 1. The number of nitrogens with zero attached hydrogens (tertiary/aromatic N) is 3. The number of pyridine rings is 1. The van der Waals surface area contributed by atoms with Crippen LogP contribution < -0.4 is 22.7 Å². The highest BCUT2D eigenvalue weighted by molar-refractivity contribution is 5.91. The number of hydrazine groups is 1. The Morgan fingerprint density at radius 1 is 1.26 bits per heavy atom. The first-order valence-corrected chi connectivity index (χ1v) is 7.67. The van der Waals surface area contributed by atoms with Gasteiger partial charge in [-0.2, -0.15) is 0 Å². The molecule has 0 atom stereocenters. The standard InChI is InChI=1S/C15H20N6O2/c16-19-15(23)12-8-20(9-18-12)11-6-13(21(17)14(22)7-11)10-4-2-1-3-5-10/h6-10H,1-5,16-17H2,(H,19,23). The zero-order valence-corrected chi connectivity index (χ0v) is 12.7. The minimum atomic E-state index is -0.483. The summed E-state index contributed by atoms with van der Waals surface area (Å²) in [4.78, 5) is 27.7. The minimum absolute atomic E-state index is 0.184. The topological polar surface area (TPSA) is 121 Å². The van der Waals surface area contributed by atoms with Crippen LogP contribution in [-0.2, 0) is 0 Å². The molecule has 23 heavy (non-hydrogen) atoms. The summed E-state index contributed by atoms with van der Waals surface area (Å²) in [7, 11) is 0. The summed E-state index contributed by atoms with van der Waals surface area (Å²) in [5, 5.41) is 0. The van der Waals surface area contributed by atoms with Gasteiger partial charge in [-0.1, -0.05) is 19.3 Å². The van der Waals surface area contributed by atoms with Gasteiger partial charge in [0.1, 0.15) is 12.0 Å². The molecule has 2 aromatic rings. The van der Waals surface area contributed by atoms with Crippen molar-refractivity contribution >= 4 is 5.91 Å². The van der Waals surface area contributed by atoms with Crippen molar-refractivity contribution in [1.82, 2.24) is 19.7 Å². The maximum Gasteiger partial charge on any atom is 0.285 e. The highest BCUT2D eigenvalue weighted by atomic mass is 16.2. The summed E-state index contributed by atoms with van der Waals surface area (Å²) in [6.45, 7) is 0. The summed E-state index contributed by atoms with van der Waals surface area (Å²) in [5.74, 6) is 10.8. The molecule has 0 aromatic carbocycles. The Morgan fingerprint density at radius 2 is 2.00 bits per heavy atom. The van der Waals surface area contributed by atoms with E-state index in [0.29, 0.717) is 5.69 Å². The van der Waals surface area contributed by atoms with Crippen LogP contribution in [0.1, 0.15) is 54.2 Å². The molecule has 122 valence electrons. The van der Waals surface area contributed by atoms with E-state index in [9.17, 15) is 9.59 Å². The average molecular weight is 316 g/mol. The molecule has 0 bridgehead atoms. The van der Waals surface area contributed by atoms with Crippen LogP contribution in [0, 0.1) is 0 Å². The molecule has 8 nitrogen and oxygen atoms in total. The second kappa shape index (κ2) is 6.25. The molecule has 3 rings (SSSR count). The number of rotatable bonds is 3. The van der Waals surface area contributed by atoms with Gasteiger partial charge in [0.15, 0.2) is 0 Å². The van der Waals surface area contributed by atoms with Crippen molar-refractivity contribution in [2.45, 2.75) is 38.0 Å². The highest BCUT2D eigenvalue weighted by Crippen LogP contribution is 2.32. The Kier molecular flexibility index (Phi) is 4.16. The van der Waals surface area contributed by atoms with Crippen molar-refractivity contribution in [3.63, 3.8) is 0 Å². The zero-order valence-electron chi connectivity index (χ0n) is 12.7. The van der Waals surface area contributed by atoms with E-state index in [-0.39, 0.29) is 17.2 Å². The number of carbonyl (C=O) groups is 1. The number of nitrogens with one attached hydrogen (secondary N) is 1. The maximum absolute atomic E-state index is 12.2. The van der Waals surface area contributed by atoms with Crippen LogP contribution in [0.5, 0.6) is 0 Å². The molecule has 1 fully saturated rings.